The van der Waals surface area contributed by atoms with Gasteiger partial charge in [-0.15, -0.1) is 0 Å². The van der Waals surface area contributed by atoms with Crippen LogP contribution in [0.2, 0.25) is 0 Å². The average Bonchev–Trinajstić information content (AvgIpc) is 2.62. The van der Waals surface area contributed by atoms with Gasteiger partial charge in [-0.25, -0.2) is 4.79 Å². The fourth-order valence-corrected chi connectivity index (χ4v) is 2.81. The SMILES string of the molecule is CC(C)C(COC(=O)c1cnc2ccccc2c1)c1ccccc1. The standard InChI is InChI=1S/C21H21NO2/c1-15(2)19(16-8-4-3-5-9-16)14-24-21(23)18-12-17-10-6-7-11-20(17)22-13-18/h3-13,15,19H,14H2,1-2H3. The highest BCUT2D eigenvalue weighted by Crippen LogP contribution is 2.25. The second-order valence-electron chi connectivity index (χ2n) is 6.28. The van der Waals surface area contributed by atoms with Gasteiger partial charge in [0, 0.05) is 17.5 Å². The second-order valence-corrected chi connectivity index (χ2v) is 6.28. The van der Waals surface area contributed by atoms with E-state index in [-0.39, 0.29) is 11.9 Å². The summed E-state index contributed by atoms with van der Waals surface area (Å²) >= 11 is 0. The third kappa shape index (κ3) is 3.62. The summed E-state index contributed by atoms with van der Waals surface area (Å²) < 4.78 is 5.58. The Morgan fingerprint density at radius 1 is 1.04 bits per heavy atom. The number of hydrogen-bond donors (Lipinski definition) is 0. The van der Waals surface area contributed by atoms with Crippen LogP contribution in [-0.2, 0) is 4.74 Å². The Kier molecular flexibility index (Phi) is 4.90. The molecule has 24 heavy (non-hydrogen) atoms. The molecule has 3 nitrogen and oxygen atoms in total. The Labute approximate surface area is 142 Å². The molecular formula is C21H21NO2. The number of aromatic nitrogens is 1. The number of benzene rings is 2. The van der Waals surface area contributed by atoms with Crippen LogP contribution in [0.25, 0.3) is 10.9 Å². The Bertz CT molecular complexity index is 827. The van der Waals surface area contributed by atoms with Crippen molar-refractivity contribution in [2.45, 2.75) is 19.8 Å². The summed E-state index contributed by atoms with van der Waals surface area (Å²) in [6.07, 6.45) is 1.58. The Morgan fingerprint density at radius 2 is 1.75 bits per heavy atom. The fraction of sp³-hybridized carbons (Fsp3) is 0.238. The summed E-state index contributed by atoms with van der Waals surface area (Å²) in [5.74, 6) is 0.244. The van der Waals surface area contributed by atoms with Gasteiger partial charge in [0.15, 0.2) is 0 Å². The molecule has 0 amide bonds. The van der Waals surface area contributed by atoms with Crippen LogP contribution in [0.1, 0.15) is 35.7 Å². The molecule has 3 aromatic rings. The summed E-state index contributed by atoms with van der Waals surface area (Å²) in [6, 6.07) is 19.7. The van der Waals surface area contributed by atoms with Crippen LogP contribution < -0.4 is 0 Å². The molecular weight excluding hydrogens is 298 g/mol. The number of nitrogens with zero attached hydrogens (tertiary/aromatic N) is 1. The maximum Gasteiger partial charge on any atom is 0.339 e. The number of ether oxygens (including phenoxy) is 1. The molecule has 2 aromatic carbocycles. The van der Waals surface area contributed by atoms with Gasteiger partial charge in [-0.1, -0.05) is 62.4 Å². The summed E-state index contributed by atoms with van der Waals surface area (Å²) in [4.78, 5) is 16.7. The number of fused-ring (bicyclic) bond motifs is 1. The third-order valence-corrected chi connectivity index (χ3v) is 4.25. The van der Waals surface area contributed by atoms with Crippen LogP contribution >= 0.6 is 0 Å². The fourth-order valence-electron chi connectivity index (χ4n) is 2.81. The number of carbonyl (C=O) groups is 1. The summed E-state index contributed by atoms with van der Waals surface area (Å²) in [6.45, 7) is 4.65. The monoisotopic (exact) mass is 319 g/mol. The van der Waals surface area contributed by atoms with Gasteiger partial charge < -0.3 is 4.74 Å². The molecule has 0 aliphatic carbocycles. The predicted octanol–water partition coefficient (Wildman–Crippen LogP) is 4.83. The molecule has 0 saturated heterocycles. The molecule has 0 radical (unpaired) electrons. The van der Waals surface area contributed by atoms with Crippen molar-refractivity contribution in [1.82, 2.24) is 4.98 Å². The molecule has 0 aliphatic rings. The molecule has 0 N–H and O–H groups in total. The topological polar surface area (TPSA) is 39.2 Å². The van der Waals surface area contributed by atoms with Crippen molar-refractivity contribution < 1.29 is 9.53 Å². The molecule has 0 fully saturated rings. The molecule has 0 spiro atoms. The zero-order valence-corrected chi connectivity index (χ0v) is 14.0. The molecule has 0 aliphatic heterocycles. The van der Waals surface area contributed by atoms with Crippen LogP contribution in [0, 0.1) is 5.92 Å². The summed E-state index contributed by atoms with van der Waals surface area (Å²) in [7, 11) is 0. The van der Waals surface area contributed by atoms with Gasteiger partial charge in [-0.2, -0.15) is 0 Å². The van der Waals surface area contributed by atoms with Crippen molar-refractivity contribution in [3.05, 3.63) is 78.0 Å². The van der Waals surface area contributed by atoms with Crippen molar-refractivity contribution >= 4 is 16.9 Å². The average molecular weight is 319 g/mol. The highest BCUT2D eigenvalue weighted by atomic mass is 16.5. The zero-order chi connectivity index (χ0) is 16.9. The van der Waals surface area contributed by atoms with Gasteiger partial charge in [-0.05, 0) is 23.6 Å². The van der Waals surface area contributed by atoms with Crippen molar-refractivity contribution in [1.29, 1.82) is 0 Å². The van der Waals surface area contributed by atoms with E-state index in [2.05, 4.69) is 31.0 Å². The van der Waals surface area contributed by atoms with Gasteiger partial charge in [0.1, 0.15) is 0 Å². The zero-order valence-electron chi connectivity index (χ0n) is 14.0. The first-order valence-corrected chi connectivity index (χ1v) is 8.22. The predicted molar refractivity (Wildman–Crippen MR) is 96.0 cm³/mol. The van der Waals surface area contributed by atoms with E-state index in [9.17, 15) is 4.79 Å². The normalized spacial score (nSPS) is 12.3. The van der Waals surface area contributed by atoms with Crippen molar-refractivity contribution in [2.24, 2.45) is 5.92 Å². The lowest BCUT2D eigenvalue weighted by atomic mass is 9.89. The first-order valence-electron chi connectivity index (χ1n) is 8.22. The second kappa shape index (κ2) is 7.26. The Hall–Kier alpha value is -2.68. The van der Waals surface area contributed by atoms with E-state index in [4.69, 9.17) is 4.74 Å². The quantitative estimate of drug-likeness (QED) is 0.632. The first kappa shape index (κ1) is 16.2. The molecule has 1 atom stereocenters. The molecule has 3 heteroatoms. The maximum atomic E-state index is 12.4. The van der Waals surface area contributed by atoms with Crippen LogP contribution in [0.5, 0.6) is 0 Å². The number of hydrogen-bond acceptors (Lipinski definition) is 3. The van der Waals surface area contributed by atoms with Crippen molar-refractivity contribution in [2.75, 3.05) is 6.61 Å². The maximum absolute atomic E-state index is 12.4. The molecule has 122 valence electrons. The van der Waals surface area contributed by atoms with E-state index >= 15 is 0 Å². The van der Waals surface area contributed by atoms with Crippen molar-refractivity contribution in [3.63, 3.8) is 0 Å². The van der Waals surface area contributed by atoms with Crippen LogP contribution in [0.3, 0.4) is 0 Å². The van der Waals surface area contributed by atoms with Gasteiger partial charge in [0.2, 0.25) is 0 Å². The smallest absolute Gasteiger partial charge is 0.339 e. The van der Waals surface area contributed by atoms with Gasteiger partial charge in [0.05, 0.1) is 17.7 Å². The van der Waals surface area contributed by atoms with Crippen LogP contribution in [-0.4, -0.2) is 17.6 Å². The minimum atomic E-state index is -0.324. The molecule has 1 heterocycles. The Balaban J connectivity index is 1.73. The molecule has 3 rings (SSSR count). The van der Waals surface area contributed by atoms with Crippen LogP contribution in [0.4, 0.5) is 0 Å². The summed E-state index contributed by atoms with van der Waals surface area (Å²) in [5.41, 5.74) is 2.56. The van der Waals surface area contributed by atoms with Crippen LogP contribution in [0.15, 0.2) is 66.9 Å². The van der Waals surface area contributed by atoms with Gasteiger partial charge in [0.25, 0.3) is 0 Å². The number of rotatable bonds is 5. The van der Waals surface area contributed by atoms with E-state index < -0.39 is 0 Å². The van der Waals surface area contributed by atoms with E-state index in [1.807, 2.05) is 48.5 Å². The lowest BCUT2D eigenvalue weighted by Crippen LogP contribution is -2.17. The largest absolute Gasteiger partial charge is 0.461 e. The highest BCUT2D eigenvalue weighted by Gasteiger charge is 2.19. The summed E-state index contributed by atoms with van der Waals surface area (Å²) in [5, 5.41) is 0.940. The third-order valence-electron chi connectivity index (χ3n) is 4.25. The molecule has 0 bridgehead atoms. The minimum absolute atomic E-state index is 0.184. The minimum Gasteiger partial charge on any atom is -0.461 e. The lowest BCUT2D eigenvalue weighted by molar-refractivity contribution is 0.0459. The molecule has 0 saturated carbocycles. The van der Waals surface area contributed by atoms with Crippen molar-refractivity contribution in [3.8, 4) is 0 Å². The van der Waals surface area contributed by atoms with E-state index in [1.165, 1.54) is 5.56 Å². The number of carbonyl (C=O) groups excluding carboxylic acids is 1. The number of pyridine rings is 1. The van der Waals surface area contributed by atoms with Gasteiger partial charge in [-0.3, -0.25) is 4.98 Å². The first-order chi connectivity index (χ1) is 11.6. The number of esters is 1. The highest BCUT2D eigenvalue weighted by molar-refractivity contribution is 5.93. The molecule has 1 aromatic heterocycles. The molecule has 1 unspecified atom stereocenters. The lowest BCUT2D eigenvalue weighted by Gasteiger charge is -2.21. The van der Waals surface area contributed by atoms with Gasteiger partial charge >= 0.3 is 5.97 Å². The van der Waals surface area contributed by atoms with E-state index in [0.29, 0.717) is 18.1 Å². The van der Waals surface area contributed by atoms with E-state index in [1.54, 1.807) is 6.20 Å². The Morgan fingerprint density at radius 3 is 2.50 bits per heavy atom. The van der Waals surface area contributed by atoms with E-state index in [0.717, 1.165) is 10.9 Å². The number of para-hydroxylation sites is 1.